The van der Waals surface area contributed by atoms with E-state index in [4.69, 9.17) is 0 Å². The summed E-state index contributed by atoms with van der Waals surface area (Å²) in [7, 11) is 3.27. The third-order valence-corrected chi connectivity index (χ3v) is 2.05. The second-order valence-corrected chi connectivity index (χ2v) is 3.29. The van der Waals surface area contributed by atoms with E-state index in [-0.39, 0.29) is 5.97 Å². The van der Waals surface area contributed by atoms with Gasteiger partial charge in [0, 0.05) is 12.4 Å². The normalized spacial score (nSPS) is 10.6. The van der Waals surface area contributed by atoms with E-state index >= 15 is 0 Å². The van der Waals surface area contributed by atoms with Gasteiger partial charge in [-0.05, 0) is 31.6 Å². The number of carbonyl (C=O) groups is 1. The first-order chi connectivity index (χ1) is 7.77. The van der Waals surface area contributed by atoms with Crippen LogP contribution < -0.4 is 5.32 Å². The molecule has 0 bridgehead atoms. The number of hydrogen-bond acceptors (Lipinski definition) is 4. The average Bonchev–Trinajstić information content (AvgIpc) is 2.34. The van der Waals surface area contributed by atoms with Gasteiger partial charge >= 0.3 is 5.97 Å². The van der Waals surface area contributed by atoms with Crippen molar-refractivity contribution in [3.63, 3.8) is 0 Å². The number of hydrogen-bond donors (Lipinski definition) is 1. The topological polar surface area (TPSA) is 51.2 Å². The average molecular weight is 220 g/mol. The van der Waals surface area contributed by atoms with Crippen molar-refractivity contribution in [2.45, 2.75) is 6.42 Å². The second-order valence-electron chi connectivity index (χ2n) is 3.29. The molecular weight excluding hydrogens is 204 g/mol. The predicted octanol–water partition coefficient (Wildman–Crippen LogP) is 1.49. The lowest BCUT2D eigenvalue weighted by atomic mass is 10.2. The van der Waals surface area contributed by atoms with Crippen LogP contribution in [-0.4, -0.2) is 31.7 Å². The van der Waals surface area contributed by atoms with E-state index < -0.39 is 0 Å². The molecule has 0 fully saturated rings. The van der Waals surface area contributed by atoms with Crippen molar-refractivity contribution in [1.29, 1.82) is 0 Å². The van der Waals surface area contributed by atoms with Crippen LogP contribution in [0.5, 0.6) is 0 Å². The number of carbonyl (C=O) groups excluding carboxylic acids is 1. The van der Waals surface area contributed by atoms with Crippen molar-refractivity contribution >= 4 is 12.0 Å². The van der Waals surface area contributed by atoms with Crippen LogP contribution >= 0.6 is 0 Å². The summed E-state index contributed by atoms with van der Waals surface area (Å²) in [6.45, 7) is 0.931. The second kappa shape index (κ2) is 6.74. The van der Waals surface area contributed by atoms with Crippen LogP contribution in [-0.2, 0) is 4.74 Å². The summed E-state index contributed by atoms with van der Waals surface area (Å²) in [5.41, 5.74) is 1.37. The highest BCUT2D eigenvalue weighted by atomic mass is 16.5. The standard InChI is InChI=1S/C12H16N2O2/c1-13-6-4-3-5-10-7-11(9-14-8-10)12(15)16-2/h3,5,7-9,13H,4,6H2,1-2H3. The van der Waals surface area contributed by atoms with Crippen molar-refractivity contribution in [1.82, 2.24) is 10.3 Å². The minimum atomic E-state index is -0.363. The molecule has 0 unspecified atom stereocenters. The number of ether oxygens (including phenoxy) is 1. The zero-order valence-electron chi connectivity index (χ0n) is 9.56. The smallest absolute Gasteiger partial charge is 0.339 e. The highest BCUT2D eigenvalue weighted by molar-refractivity contribution is 5.89. The number of pyridine rings is 1. The van der Waals surface area contributed by atoms with E-state index in [0.717, 1.165) is 18.5 Å². The lowest BCUT2D eigenvalue weighted by Gasteiger charge is -1.99. The first kappa shape index (κ1) is 12.4. The highest BCUT2D eigenvalue weighted by Gasteiger charge is 2.04. The van der Waals surface area contributed by atoms with Crippen LogP contribution in [0.4, 0.5) is 0 Å². The van der Waals surface area contributed by atoms with E-state index in [2.05, 4.69) is 15.0 Å². The Labute approximate surface area is 95.3 Å². The highest BCUT2D eigenvalue weighted by Crippen LogP contribution is 2.06. The third-order valence-electron chi connectivity index (χ3n) is 2.05. The summed E-state index contributed by atoms with van der Waals surface area (Å²) in [6, 6.07) is 1.76. The van der Waals surface area contributed by atoms with E-state index in [1.165, 1.54) is 13.3 Å². The Morgan fingerprint density at radius 3 is 3.06 bits per heavy atom. The Morgan fingerprint density at radius 1 is 1.56 bits per heavy atom. The largest absolute Gasteiger partial charge is 0.465 e. The summed E-state index contributed by atoms with van der Waals surface area (Å²) < 4.78 is 4.62. The van der Waals surface area contributed by atoms with Crippen molar-refractivity contribution in [2.75, 3.05) is 20.7 Å². The van der Waals surface area contributed by atoms with Gasteiger partial charge in [0.2, 0.25) is 0 Å². The zero-order valence-corrected chi connectivity index (χ0v) is 9.56. The lowest BCUT2D eigenvalue weighted by molar-refractivity contribution is 0.0600. The monoisotopic (exact) mass is 220 g/mol. The molecule has 0 amide bonds. The van der Waals surface area contributed by atoms with Crippen molar-refractivity contribution in [3.05, 3.63) is 35.7 Å². The Hall–Kier alpha value is -1.68. The van der Waals surface area contributed by atoms with Gasteiger partial charge in [-0.1, -0.05) is 12.2 Å². The molecule has 0 aliphatic carbocycles. The van der Waals surface area contributed by atoms with E-state index in [1.807, 2.05) is 19.2 Å². The van der Waals surface area contributed by atoms with Gasteiger partial charge in [-0.15, -0.1) is 0 Å². The molecule has 0 aromatic carbocycles. The number of methoxy groups -OCH3 is 1. The minimum absolute atomic E-state index is 0.363. The summed E-state index contributed by atoms with van der Waals surface area (Å²) in [5.74, 6) is -0.363. The van der Waals surface area contributed by atoms with E-state index in [0.29, 0.717) is 5.56 Å². The molecule has 16 heavy (non-hydrogen) atoms. The number of nitrogens with one attached hydrogen (secondary N) is 1. The lowest BCUT2D eigenvalue weighted by Crippen LogP contribution is -2.05. The van der Waals surface area contributed by atoms with Gasteiger partial charge in [-0.25, -0.2) is 4.79 Å². The van der Waals surface area contributed by atoms with Gasteiger partial charge in [0.25, 0.3) is 0 Å². The number of aromatic nitrogens is 1. The Bertz CT molecular complexity index is 375. The summed E-state index contributed by atoms with van der Waals surface area (Å²) >= 11 is 0. The van der Waals surface area contributed by atoms with Gasteiger partial charge in [0.1, 0.15) is 0 Å². The molecule has 0 saturated heterocycles. The van der Waals surface area contributed by atoms with Crippen LogP contribution in [0.25, 0.3) is 6.08 Å². The van der Waals surface area contributed by atoms with Crippen LogP contribution in [0.15, 0.2) is 24.5 Å². The van der Waals surface area contributed by atoms with E-state index in [1.54, 1.807) is 12.3 Å². The molecule has 4 heteroatoms. The quantitative estimate of drug-likeness (QED) is 0.603. The van der Waals surface area contributed by atoms with Crippen molar-refractivity contribution in [3.8, 4) is 0 Å². The summed E-state index contributed by atoms with van der Waals surface area (Å²) in [4.78, 5) is 15.2. The molecule has 1 N–H and O–H groups in total. The third kappa shape index (κ3) is 3.82. The fourth-order valence-electron chi connectivity index (χ4n) is 1.23. The van der Waals surface area contributed by atoms with Crippen molar-refractivity contribution < 1.29 is 9.53 Å². The Morgan fingerprint density at radius 2 is 2.38 bits per heavy atom. The van der Waals surface area contributed by atoms with Gasteiger partial charge in [0.15, 0.2) is 0 Å². The van der Waals surface area contributed by atoms with Crippen LogP contribution in [0, 0.1) is 0 Å². The Kier molecular flexibility index (Phi) is 5.22. The van der Waals surface area contributed by atoms with Crippen LogP contribution in [0.1, 0.15) is 22.3 Å². The maximum absolute atomic E-state index is 11.2. The molecule has 0 radical (unpaired) electrons. The first-order valence-corrected chi connectivity index (χ1v) is 5.12. The molecule has 1 aromatic rings. The first-order valence-electron chi connectivity index (χ1n) is 5.12. The predicted molar refractivity (Wildman–Crippen MR) is 63.2 cm³/mol. The molecule has 0 saturated carbocycles. The molecule has 0 aliphatic rings. The molecule has 1 rings (SSSR count). The molecule has 1 heterocycles. The molecular formula is C12H16N2O2. The SMILES string of the molecule is CNCCC=Cc1cncc(C(=O)OC)c1. The summed E-state index contributed by atoms with van der Waals surface area (Å²) in [6.07, 6.45) is 8.13. The Balaban J connectivity index is 2.67. The maximum atomic E-state index is 11.2. The van der Waals surface area contributed by atoms with Gasteiger partial charge < -0.3 is 10.1 Å². The fourth-order valence-corrected chi connectivity index (χ4v) is 1.23. The minimum Gasteiger partial charge on any atom is -0.465 e. The number of rotatable bonds is 5. The van der Waals surface area contributed by atoms with Crippen LogP contribution in [0.2, 0.25) is 0 Å². The molecule has 0 atom stereocenters. The van der Waals surface area contributed by atoms with Crippen molar-refractivity contribution in [2.24, 2.45) is 0 Å². The zero-order chi connectivity index (χ0) is 11.8. The molecule has 86 valence electrons. The molecule has 0 spiro atoms. The molecule has 1 aromatic heterocycles. The van der Waals surface area contributed by atoms with Gasteiger partial charge in [-0.3, -0.25) is 4.98 Å². The van der Waals surface area contributed by atoms with Gasteiger partial charge in [-0.2, -0.15) is 0 Å². The fraction of sp³-hybridized carbons (Fsp3) is 0.333. The molecule has 0 aliphatic heterocycles. The van der Waals surface area contributed by atoms with Crippen LogP contribution in [0.3, 0.4) is 0 Å². The van der Waals surface area contributed by atoms with Gasteiger partial charge in [0.05, 0.1) is 12.7 Å². The summed E-state index contributed by atoms with van der Waals surface area (Å²) in [5, 5.41) is 3.05. The molecule has 4 nitrogen and oxygen atoms in total. The van der Waals surface area contributed by atoms with E-state index in [9.17, 15) is 4.79 Å². The number of esters is 1. The maximum Gasteiger partial charge on any atom is 0.339 e. The number of nitrogens with zero attached hydrogens (tertiary/aromatic N) is 1.